The van der Waals surface area contributed by atoms with Crippen LogP contribution >= 0.6 is 0 Å². The maximum absolute atomic E-state index is 13.8. The van der Waals surface area contributed by atoms with Crippen molar-refractivity contribution in [1.82, 2.24) is 4.90 Å². The van der Waals surface area contributed by atoms with Gasteiger partial charge in [0.25, 0.3) is 0 Å². The third-order valence-corrected chi connectivity index (χ3v) is 9.09. The minimum absolute atomic E-state index is 0.0105. The average Bonchev–Trinajstić information content (AvgIpc) is 3.04. The fourth-order valence-corrected chi connectivity index (χ4v) is 6.87. The number of aliphatic hydroxyl groups is 2. The first-order valence-electron chi connectivity index (χ1n) is 14.5. The van der Waals surface area contributed by atoms with Gasteiger partial charge < -0.3 is 44.1 Å². The Morgan fingerprint density at radius 3 is 2.52 bits per heavy atom. The summed E-state index contributed by atoms with van der Waals surface area (Å²) in [6.45, 7) is 0.588. The zero-order chi connectivity index (χ0) is 31.3. The predicted octanol–water partition coefficient (Wildman–Crippen LogP) is 0.844. The van der Waals surface area contributed by atoms with Gasteiger partial charge in [-0.25, -0.2) is 0 Å². The number of carbonyl (C=O) groups is 3. The van der Waals surface area contributed by atoms with Crippen LogP contribution in [0.15, 0.2) is 18.2 Å². The number of Topliss-reactive ketones (excluding diaryl/α,β-unsaturated/α-hetero) is 1. The fraction of sp³-hybridized carbons (Fsp3) is 0.516. The number of nitrogens with zero attached hydrogens (tertiary/aromatic N) is 1. The van der Waals surface area contributed by atoms with Gasteiger partial charge in [-0.05, 0) is 18.9 Å². The third kappa shape index (κ3) is 5.08. The number of hydrogen-bond donors (Lipinski definition) is 4. The Morgan fingerprint density at radius 2 is 1.80 bits per heavy atom. The number of benzene rings is 2. The summed E-state index contributed by atoms with van der Waals surface area (Å²) in [5.41, 5.74) is -0.598. The molecule has 0 radical (unpaired) electrons. The first-order valence-corrected chi connectivity index (χ1v) is 14.5. The SMILES string of the molecule is COc1cccc2c1C(=O)c1c(O)c3c(c(O)c1C2=O)CC(C(=O)CO)C[C@@H]3OC1C[C@H](N2CCOC(OC)C2)[C@H](O)CO1. The molecule has 2 aromatic rings. The summed E-state index contributed by atoms with van der Waals surface area (Å²) in [6.07, 6.45) is -3.09. The third-order valence-electron chi connectivity index (χ3n) is 9.09. The van der Waals surface area contributed by atoms with Crippen LogP contribution in [0.5, 0.6) is 17.2 Å². The predicted molar refractivity (Wildman–Crippen MR) is 150 cm³/mol. The largest absolute Gasteiger partial charge is 0.507 e. The van der Waals surface area contributed by atoms with Crippen molar-refractivity contribution in [3.05, 3.63) is 51.6 Å². The number of morpholine rings is 1. The second-order valence-electron chi connectivity index (χ2n) is 11.4. The molecule has 0 spiro atoms. The molecule has 2 aliphatic heterocycles. The maximum atomic E-state index is 13.8. The molecule has 6 atom stereocenters. The van der Waals surface area contributed by atoms with Crippen molar-refractivity contribution in [2.75, 3.05) is 47.1 Å². The van der Waals surface area contributed by atoms with E-state index in [0.717, 1.165) is 0 Å². The van der Waals surface area contributed by atoms with E-state index >= 15 is 0 Å². The molecule has 44 heavy (non-hydrogen) atoms. The Morgan fingerprint density at radius 1 is 1.02 bits per heavy atom. The van der Waals surface area contributed by atoms with Crippen LogP contribution in [0.4, 0.5) is 0 Å². The molecule has 236 valence electrons. The smallest absolute Gasteiger partial charge is 0.202 e. The molecule has 3 unspecified atom stereocenters. The molecule has 6 rings (SSSR count). The molecule has 0 bridgehead atoms. The summed E-state index contributed by atoms with van der Waals surface area (Å²) in [5, 5.41) is 43.6. The molecule has 0 amide bonds. The second-order valence-corrected chi connectivity index (χ2v) is 11.4. The number of carbonyl (C=O) groups excluding carboxylic acids is 3. The average molecular weight is 614 g/mol. The number of aliphatic hydroxyl groups excluding tert-OH is 2. The highest BCUT2D eigenvalue weighted by molar-refractivity contribution is 6.31. The van der Waals surface area contributed by atoms with Gasteiger partial charge in [-0.15, -0.1) is 0 Å². The van der Waals surface area contributed by atoms with Gasteiger partial charge in [-0.3, -0.25) is 19.3 Å². The molecule has 2 aromatic carbocycles. The second kappa shape index (κ2) is 12.2. The van der Waals surface area contributed by atoms with Crippen LogP contribution in [0, 0.1) is 5.92 Å². The van der Waals surface area contributed by atoms with Crippen molar-refractivity contribution in [3.63, 3.8) is 0 Å². The Bertz CT molecular complexity index is 1490. The van der Waals surface area contributed by atoms with Crippen LogP contribution in [0.25, 0.3) is 0 Å². The van der Waals surface area contributed by atoms with E-state index in [0.29, 0.717) is 19.7 Å². The summed E-state index contributed by atoms with van der Waals surface area (Å²) in [5.74, 6) is -3.61. The number of aromatic hydroxyl groups is 2. The number of rotatable bonds is 7. The minimum atomic E-state index is -1.06. The lowest BCUT2D eigenvalue weighted by Crippen LogP contribution is -2.57. The van der Waals surface area contributed by atoms with Crippen molar-refractivity contribution < 1.29 is 58.5 Å². The number of phenolic OH excluding ortho intramolecular Hbond substituents is 2. The van der Waals surface area contributed by atoms with E-state index in [1.165, 1.54) is 19.2 Å². The van der Waals surface area contributed by atoms with Gasteiger partial charge in [0.1, 0.15) is 23.9 Å². The van der Waals surface area contributed by atoms with Crippen molar-refractivity contribution in [3.8, 4) is 17.2 Å². The molecule has 0 aromatic heterocycles. The minimum Gasteiger partial charge on any atom is -0.507 e. The van der Waals surface area contributed by atoms with Crippen molar-refractivity contribution >= 4 is 17.3 Å². The molecule has 2 heterocycles. The molecular weight excluding hydrogens is 578 g/mol. The molecule has 2 saturated heterocycles. The first-order chi connectivity index (χ1) is 21.2. The van der Waals surface area contributed by atoms with Crippen molar-refractivity contribution in [2.24, 2.45) is 5.92 Å². The zero-order valence-electron chi connectivity index (χ0n) is 24.4. The number of phenols is 2. The van der Waals surface area contributed by atoms with Crippen molar-refractivity contribution in [2.45, 2.75) is 50.1 Å². The van der Waals surface area contributed by atoms with Crippen LogP contribution in [-0.2, 0) is 30.2 Å². The van der Waals surface area contributed by atoms with Gasteiger partial charge in [0.05, 0.1) is 49.2 Å². The highest BCUT2D eigenvalue weighted by atomic mass is 16.7. The van der Waals surface area contributed by atoms with E-state index in [9.17, 15) is 34.8 Å². The maximum Gasteiger partial charge on any atom is 0.202 e. The molecular formula is C31H35NO12. The van der Waals surface area contributed by atoms with E-state index in [4.69, 9.17) is 23.7 Å². The normalized spacial score (nSPS) is 28.6. The van der Waals surface area contributed by atoms with Gasteiger partial charge in [0.2, 0.25) is 5.78 Å². The quantitative estimate of drug-likeness (QED) is 0.276. The summed E-state index contributed by atoms with van der Waals surface area (Å²) >= 11 is 0. The highest BCUT2D eigenvalue weighted by Crippen LogP contribution is 2.51. The van der Waals surface area contributed by atoms with Crippen LogP contribution < -0.4 is 4.74 Å². The molecule has 2 fully saturated rings. The Balaban J connectivity index is 1.38. The zero-order valence-corrected chi connectivity index (χ0v) is 24.4. The Kier molecular flexibility index (Phi) is 8.46. The van der Waals surface area contributed by atoms with E-state index in [-0.39, 0.29) is 71.0 Å². The molecule has 2 aliphatic carbocycles. The number of hydrogen-bond acceptors (Lipinski definition) is 13. The fourth-order valence-electron chi connectivity index (χ4n) is 6.87. The Hall–Kier alpha value is -3.43. The van der Waals surface area contributed by atoms with Gasteiger partial charge in [0, 0.05) is 55.3 Å². The van der Waals surface area contributed by atoms with Gasteiger partial charge >= 0.3 is 0 Å². The van der Waals surface area contributed by atoms with Crippen LogP contribution in [0.2, 0.25) is 0 Å². The van der Waals surface area contributed by atoms with E-state index in [2.05, 4.69) is 0 Å². The van der Waals surface area contributed by atoms with Crippen LogP contribution in [-0.4, -0.2) is 115 Å². The standard InChI is InChI=1S/C31H35NO12/c1-40-20-5-3-4-15-24(20)30(38)27-26(28(15)36)29(37)16-8-14(18(34)12-33)9-21(25(16)31(27)39)44-22-10-17(19(35)13-43-22)32-6-7-42-23(11-32)41-2/h3-5,14,17,19,21-23,33,35,37,39H,6-13H2,1-2H3/t14?,17-,19+,21-,22?,23?/m0/s1. The van der Waals surface area contributed by atoms with Crippen molar-refractivity contribution in [1.29, 1.82) is 0 Å². The van der Waals surface area contributed by atoms with Gasteiger partial charge in [-0.2, -0.15) is 0 Å². The van der Waals surface area contributed by atoms with Gasteiger partial charge in [0.15, 0.2) is 24.1 Å². The summed E-state index contributed by atoms with van der Waals surface area (Å²) in [7, 11) is 2.90. The summed E-state index contributed by atoms with van der Waals surface area (Å²) < 4.78 is 28.4. The molecule has 13 nitrogen and oxygen atoms in total. The molecule has 4 N–H and O–H groups in total. The molecule has 4 aliphatic rings. The topological polar surface area (TPSA) is 182 Å². The highest BCUT2D eigenvalue weighted by Gasteiger charge is 2.45. The lowest BCUT2D eigenvalue weighted by Gasteiger charge is -2.44. The van der Waals surface area contributed by atoms with E-state index in [1.54, 1.807) is 13.2 Å². The van der Waals surface area contributed by atoms with E-state index in [1.807, 2.05) is 4.90 Å². The van der Waals surface area contributed by atoms with Crippen LogP contribution in [0.1, 0.15) is 61.9 Å². The lowest BCUT2D eigenvalue weighted by atomic mass is 9.73. The summed E-state index contributed by atoms with van der Waals surface area (Å²) in [6, 6.07) is 4.14. The number of methoxy groups -OCH3 is 2. The number of ketones is 3. The molecule has 0 saturated carbocycles. The van der Waals surface area contributed by atoms with Crippen LogP contribution in [0.3, 0.4) is 0 Å². The summed E-state index contributed by atoms with van der Waals surface area (Å²) in [4.78, 5) is 42.2. The first kappa shape index (κ1) is 30.6. The Labute approximate surface area is 252 Å². The van der Waals surface area contributed by atoms with Gasteiger partial charge in [-0.1, -0.05) is 12.1 Å². The molecule has 13 heteroatoms. The number of ether oxygens (including phenoxy) is 5. The van der Waals surface area contributed by atoms with E-state index < -0.39 is 66.2 Å². The monoisotopic (exact) mass is 613 g/mol. The lowest BCUT2D eigenvalue weighted by molar-refractivity contribution is -0.241. The number of fused-ring (bicyclic) bond motifs is 3.